The van der Waals surface area contributed by atoms with Crippen LogP contribution in [0.3, 0.4) is 0 Å². The van der Waals surface area contributed by atoms with Crippen LogP contribution >= 0.6 is 0 Å². The Balaban J connectivity index is 2.17. The van der Waals surface area contributed by atoms with E-state index in [0.29, 0.717) is 18.5 Å². The number of carbonyl (C=O) groups is 1. The zero-order chi connectivity index (χ0) is 11.8. The standard InChI is InChI=1S/C13H24N2O/c1-4-11-14-9-12(16)15(11)10-7-5-6-8-13(10,2)3/h10-11,14H,4-9H2,1-3H3. The zero-order valence-corrected chi connectivity index (χ0v) is 10.8. The second-order valence-electron chi connectivity index (χ2n) is 5.86. The van der Waals surface area contributed by atoms with Gasteiger partial charge in [0, 0.05) is 6.04 Å². The van der Waals surface area contributed by atoms with Gasteiger partial charge in [-0.25, -0.2) is 0 Å². The monoisotopic (exact) mass is 224 g/mol. The minimum Gasteiger partial charge on any atom is -0.323 e. The van der Waals surface area contributed by atoms with Gasteiger partial charge in [-0.15, -0.1) is 0 Å². The van der Waals surface area contributed by atoms with Crippen molar-refractivity contribution in [2.75, 3.05) is 6.54 Å². The summed E-state index contributed by atoms with van der Waals surface area (Å²) in [7, 11) is 0. The molecule has 0 aromatic carbocycles. The number of rotatable bonds is 2. The van der Waals surface area contributed by atoms with Gasteiger partial charge in [0.1, 0.15) is 0 Å². The van der Waals surface area contributed by atoms with Crippen LogP contribution in [0.4, 0.5) is 0 Å². The van der Waals surface area contributed by atoms with E-state index < -0.39 is 0 Å². The van der Waals surface area contributed by atoms with E-state index in [1.54, 1.807) is 0 Å². The molecule has 3 heteroatoms. The smallest absolute Gasteiger partial charge is 0.238 e. The molecule has 2 unspecified atom stereocenters. The van der Waals surface area contributed by atoms with E-state index in [1.165, 1.54) is 25.7 Å². The molecule has 1 saturated carbocycles. The fourth-order valence-electron chi connectivity index (χ4n) is 3.29. The average molecular weight is 224 g/mol. The Morgan fingerprint density at radius 1 is 1.44 bits per heavy atom. The van der Waals surface area contributed by atoms with Crippen molar-refractivity contribution >= 4 is 5.91 Å². The van der Waals surface area contributed by atoms with Crippen LogP contribution in [0.25, 0.3) is 0 Å². The maximum absolute atomic E-state index is 12.0. The van der Waals surface area contributed by atoms with Gasteiger partial charge in [-0.05, 0) is 24.7 Å². The van der Waals surface area contributed by atoms with E-state index in [2.05, 4.69) is 31.0 Å². The summed E-state index contributed by atoms with van der Waals surface area (Å²) in [6, 6.07) is 0.439. The Labute approximate surface area is 98.6 Å². The highest BCUT2D eigenvalue weighted by Crippen LogP contribution is 2.40. The molecule has 3 nitrogen and oxygen atoms in total. The van der Waals surface area contributed by atoms with Crippen LogP contribution in [0.15, 0.2) is 0 Å². The molecule has 16 heavy (non-hydrogen) atoms. The van der Waals surface area contributed by atoms with Crippen molar-refractivity contribution in [3.63, 3.8) is 0 Å². The molecule has 0 aromatic heterocycles. The number of amides is 1. The number of hydrogen-bond acceptors (Lipinski definition) is 2. The predicted octanol–water partition coefficient (Wildman–Crippen LogP) is 2.12. The molecule has 1 aliphatic heterocycles. The molecule has 1 heterocycles. The summed E-state index contributed by atoms with van der Waals surface area (Å²) in [5, 5.41) is 3.32. The largest absolute Gasteiger partial charge is 0.323 e. The van der Waals surface area contributed by atoms with Gasteiger partial charge in [0.05, 0.1) is 12.7 Å². The summed E-state index contributed by atoms with van der Waals surface area (Å²) >= 11 is 0. The first-order valence-corrected chi connectivity index (χ1v) is 6.61. The van der Waals surface area contributed by atoms with Crippen molar-refractivity contribution in [2.24, 2.45) is 5.41 Å². The molecule has 2 atom stereocenters. The average Bonchev–Trinajstić information content (AvgIpc) is 2.59. The summed E-state index contributed by atoms with van der Waals surface area (Å²) in [4.78, 5) is 14.1. The normalized spacial score (nSPS) is 34.4. The lowest BCUT2D eigenvalue weighted by molar-refractivity contribution is -0.134. The third-order valence-corrected chi connectivity index (χ3v) is 4.29. The lowest BCUT2D eigenvalue weighted by Crippen LogP contribution is -2.52. The molecule has 0 radical (unpaired) electrons. The summed E-state index contributed by atoms with van der Waals surface area (Å²) < 4.78 is 0. The minimum absolute atomic E-state index is 0.273. The molecule has 2 aliphatic rings. The molecule has 1 saturated heterocycles. The van der Waals surface area contributed by atoms with E-state index in [9.17, 15) is 4.79 Å². The maximum atomic E-state index is 12.0. The minimum atomic E-state index is 0.273. The van der Waals surface area contributed by atoms with Gasteiger partial charge in [0.2, 0.25) is 5.91 Å². The quantitative estimate of drug-likeness (QED) is 0.779. The van der Waals surface area contributed by atoms with E-state index in [1.807, 2.05) is 0 Å². The van der Waals surface area contributed by atoms with Crippen molar-refractivity contribution in [3.8, 4) is 0 Å². The number of nitrogens with one attached hydrogen (secondary N) is 1. The van der Waals surface area contributed by atoms with Crippen LogP contribution in [-0.4, -0.2) is 29.6 Å². The van der Waals surface area contributed by atoms with Gasteiger partial charge in [0.25, 0.3) is 0 Å². The van der Waals surface area contributed by atoms with Gasteiger partial charge < -0.3 is 4.90 Å². The molecule has 0 bridgehead atoms. The highest BCUT2D eigenvalue weighted by atomic mass is 16.2. The van der Waals surface area contributed by atoms with Gasteiger partial charge in [-0.1, -0.05) is 33.6 Å². The first-order chi connectivity index (χ1) is 7.56. The molecule has 0 aromatic rings. The molecule has 1 amide bonds. The summed E-state index contributed by atoms with van der Waals surface area (Å²) in [6.45, 7) is 7.31. The maximum Gasteiger partial charge on any atom is 0.238 e. The molecule has 2 fully saturated rings. The highest BCUT2D eigenvalue weighted by Gasteiger charge is 2.43. The third-order valence-electron chi connectivity index (χ3n) is 4.29. The summed E-state index contributed by atoms with van der Waals surface area (Å²) in [6.07, 6.45) is 6.30. The Hall–Kier alpha value is -0.570. The van der Waals surface area contributed by atoms with E-state index >= 15 is 0 Å². The van der Waals surface area contributed by atoms with Crippen molar-refractivity contribution < 1.29 is 4.79 Å². The third kappa shape index (κ3) is 1.97. The van der Waals surface area contributed by atoms with E-state index in [0.717, 1.165) is 6.42 Å². The second-order valence-corrected chi connectivity index (χ2v) is 5.86. The fourth-order valence-corrected chi connectivity index (χ4v) is 3.29. The molecule has 1 aliphatic carbocycles. The van der Waals surface area contributed by atoms with Crippen LogP contribution in [0.2, 0.25) is 0 Å². The fraction of sp³-hybridized carbons (Fsp3) is 0.923. The van der Waals surface area contributed by atoms with E-state index in [4.69, 9.17) is 0 Å². The molecular weight excluding hydrogens is 200 g/mol. The lowest BCUT2D eigenvalue weighted by Gasteiger charge is -2.45. The molecule has 92 valence electrons. The van der Waals surface area contributed by atoms with Crippen LogP contribution in [0.1, 0.15) is 52.9 Å². The number of hydrogen-bond donors (Lipinski definition) is 1. The van der Waals surface area contributed by atoms with Gasteiger partial charge in [0.15, 0.2) is 0 Å². The van der Waals surface area contributed by atoms with E-state index in [-0.39, 0.29) is 11.6 Å². The number of carbonyl (C=O) groups excluding carboxylic acids is 1. The van der Waals surface area contributed by atoms with Crippen LogP contribution in [-0.2, 0) is 4.79 Å². The predicted molar refractivity (Wildman–Crippen MR) is 65.0 cm³/mol. The Kier molecular flexibility index (Phi) is 3.24. The molecule has 2 rings (SSSR count). The Morgan fingerprint density at radius 3 is 2.81 bits per heavy atom. The van der Waals surface area contributed by atoms with Crippen molar-refractivity contribution in [3.05, 3.63) is 0 Å². The lowest BCUT2D eigenvalue weighted by atomic mass is 9.72. The second kappa shape index (κ2) is 4.36. The van der Waals surface area contributed by atoms with Crippen LogP contribution < -0.4 is 5.32 Å². The highest BCUT2D eigenvalue weighted by molar-refractivity contribution is 5.81. The molecular formula is C13H24N2O. The van der Waals surface area contributed by atoms with Crippen LogP contribution in [0, 0.1) is 5.41 Å². The topological polar surface area (TPSA) is 32.3 Å². The first kappa shape index (κ1) is 11.9. The first-order valence-electron chi connectivity index (χ1n) is 6.61. The SMILES string of the molecule is CCC1NCC(=O)N1C1CCCCC1(C)C. The van der Waals surface area contributed by atoms with Crippen molar-refractivity contribution in [1.29, 1.82) is 0 Å². The summed E-state index contributed by atoms with van der Waals surface area (Å²) in [5.41, 5.74) is 0.285. The van der Waals surface area contributed by atoms with Gasteiger partial charge in [-0.2, -0.15) is 0 Å². The Morgan fingerprint density at radius 2 is 2.19 bits per heavy atom. The number of nitrogens with zero attached hydrogens (tertiary/aromatic N) is 1. The van der Waals surface area contributed by atoms with Crippen LogP contribution in [0.5, 0.6) is 0 Å². The Bertz CT molecular complexity index is 275. The van der Waals surface area contributed by atoms with Crippen molar-refractivity contribution in [1.82, 2.24) is 10.2 Å². The van der Waals surface area contributed by atoms with Crippen molar-refractivity contribution in [2.45, 2.75) is 65.1 Å². The molecule has 0 spiro atoms. The molecule has 1 N–H and O–H groups in total. The zero-order valence-electron chi connectivity index (χ0n) is 10.8. The van der Waals surface area contributed by atoms with Gasteiger partial charge in [-0.3, -0.25) is 10.1 Å². The van der Waals surface area contributed by atoms with Gasteiger partial charge >= 0.3 is 0 Å². The summed E-state index contributed by atoms with van der Waals surface area (Å²) in [5.74, 6) is 0.298.